The van der Waals surface area contributed by atoms with Crippen LogP contribution in [0.2, 0.25) is 0 Å². The summed E-state index contributed by atoms with van der Waals surface area (Å²) in [5.41, 5.74) is 2.01. The summed E-state index contributed by atoms with van der Waals surface area (Å²) in [4.78, 5) is 16.7. The summed E-state index contributed by atoms with van der Waals surface area (Å²) in [7, 11) is -3.63. The summed E-state index contributed by atoms with van der Waals surface area (Å²) in [5, 5.41) is 2.76. The first-order chi connectivity index (χ1) is 15.8. The van der Waals surface area contributed by atoms with Crippen molar-refractivity contribution in [2.75, 3.05) is 23.7 Å². The van der Waals surface area contributed by atoms with Gasteiger partial charge in [-0.3, -0.25) is 9.10 Å². The topological polar surface area (TPSA) is 97.8 Å². The van der Waals surface area contributed by atoms with Crippen LogP contribution in [0.1, 0.15) is 18.1 Å². The lowest BCUT2D eigenvalue weighted by atomic mass is 10.2. The molecule has 0 saturated carbocycles. The van der Waals surface area contributed by atoms with Crippen LogP contribution in [0, 0.1) is 6.92 Å². The normalized spacial score (nSPS) is 11.0. The monoisotopic (exact) mass is 469 g/mol. The Morgan fingerprint density at radius 2 is 1.76 bits per heavy atom. The molecule has 0 spiro atoms. The highest BCUT2D eigenvalue weighted by Gasteiger charge is 2.22. The van der Waals surface area contributed by atoms with Gasteiger partial charge >= 0.3 is 0 Å². The molecule has 9 heteroatoms. The van der Waals surface area contributed by atoms with E-state index in [1.165, 1.54) is 0 Å². The van der Waals surface area contributed by atoms with Gasteiger partial charge in [-0.25, -0.2) is 13.4 Å². The highest BCUT2D eigenvalue weighted by Crippen LogP contribution is 2.23. The second-order valence-corrected chi connectivity index (χ2v) is 9.25. The number of hydrogen-bond acceptors (Lipinski definition) is 6. The Balaban J connectivity index is 1.62. The van der Waals surface area contributed by atoms with Gasteiger partial charge in [0.1, 0.15) is 18.0 Å². The van der Waals surface area contributed by atoms with E-state index < -0.39 is 15.9 Å². The molecule has 0 aliphatic carbocycles. The number of amides is 1. The number of para-hydroxylation sites is 1. The van der Waals surface area contributed by atoms with Crippen LogP contribution in [-0.2, 0) is 21.4 Å². The molecule has 0 saturated heterocycles. The number of rotatable bonds is 10. The molecule has 174 valence electrons. The van der Waals surface area contributed by atoms with Crippen LogP contribution in [0.3, 0.4) is 0 Å². The van der Waals surface area contributed by atoms with E-state index in [1.807, 2.05) is 25.1 Å². The number of carbonyl (C=O) groups excluding carboxylic acids is 1. The molecule has 1 amide bonds. The standard InChI is InChI=1S/C24H27N3O5S/c1-4-31-20-9-11-21(12-10-20)32-24-15-19(13-14-25-24)16-26-23(28)17-27(33(3,29)30)22-8-6-5-7-18(22)2/h5-15H,4,16-17H2,1-3H3,(H,26,28). The summed E-state index contributed by atoms with van der Waals surface area (Å²) >= 11 is 0. The molecule has 3 rings (SSSR count). The number of carbonyl (C=O) groups is 1. The van der Waals surface area contributed by atoms with Crippen molar-refractivity contribution in [2.24, 2.45) is 0 Å². The van der Waals surface area contributed by atoms with E-state index in [0.717, 1.165) is 27.4 Å². The van der Waals surface area contributed by atoms with Crippen molar-refractivity contribution in [3.63, 3.8) is 0 Å². The van der Waals surface area contributed by atoms with Crippen LogP contribution in [0.25, 0.3) is 0 Å². The summed E-state index contributed by atoms with van der Waals surface area (Å²) in [6.07, 6.45) is 2.67. The summed E-state index contributed by atoms with van der Waals surface area (Å²) in [5.74, 6) is 1.32. The molecular formula is C24H27N3O5S. The van der Waals surface area contributed by atoms with E-state index in [2.05, 4.69) is 10.3 Å². The predicted octanol–water partition coefficient (Wildman–Crippen LogP) is 3.66. The average Bonchev–Trinajstić information content (AvgIpc) is 2.78. The van der Waals surface area contributed by atoms with E-state index in [0.29, 0.717) is 23.9 Å². The second-order valence-electron chi connectivity index (χ2n) is 7.34. The molecule has 0 bridgehead atoms. The Labute approximate surface area is 194 Å². The van der Waals surface area contributed by atoms with Crippen LogP contribution in [-0.4, -0.2) is 38.7 Å². The lowest BCUT2D eigenvalue weighted by Crippen LogP contribution is -2.40. The van der Waals surface area contributed by atoms with Gasteiger partial charge in [0.25, 0.3) is 0 Å². The van der Waals surface area contributed by atoms with Crippen molar-refractivity contribution in [2.45, 2.75) is 20.4 Å². The minimum absolute atomic E-state index is 0.201. The van der Waals surface area contributed by atoms with Crippen LogP contribution < -0.4 is 19.1 Å². The third-order valence-corrected chi connectivity index (χ3v) is 5.84. The van der Waals surface area contributed by atoms with Gasteiger partial charge in [0.2, 0.25) is 21.8 Å². The molecule has 1 heterocycles. The Bertz CT molecular complexity index is 1200. The zero-order valence-electron chi connectivity index (χ0n) is 18.8. The molecule has 1 aromatic heterocycles. The van der Waals surface area contributed by atoms with Crippen molar-refractivity contribution < 1.29 is 22.7 Å². The Kier molecular flexibility index (Phi) is 7.89. The Morgan fingerprint density at radius 1 is 1.06 bits per heavy atom. The minimum atomic E-state index is -3.63. The van der Waals surface area contributed by atoms with Gasteiger partial charge in [-0.15, -0.1) is 0 Å². The number of benzene rings is 2. The number of nitrogens with one attached hydrogen (secondary N) is 1. The molecule has 1 N–H and O–H groups in total. The first-order valence-electron chi connectivity index (χ1n) is 10.4. The number of aromatic nitrogens is 1. The van der Waals surface area contributed by atoms with Crippen molar-refractivity contribution in [3.05, 3.63) is 78.0 Å². The van der Waals surface area contributed by atoms with Crippen LogP contribution in [0.4, 0.5) is 5.69 Å². The van der Waals surface area contributed by atoms with Crippen molar-refractivity contribution >= 4 is 21.6 Å². The molecule has 0 aliphatic rings. The Hall–Kier alpha value is -3.59. The van der Waals surface area contributed by atoms with E-state index in [-0.39, 0.29) is 13.1 Å². The van der Waals surface area contributed by atoms with E-state index >= 15 is 0 Å². The highest BCUT2D eigenvalue weighted by atomic mass is 32.2. The maximum absolute atomic E-state index is 12.5. The van der Waals surface area contributed by atoms with Gasteiger partial charge in [0.15, 0.2) is 0 Å². The highest BCUT2D eigenvalue weighted by molar-refractivity contribution is 7.92. The number of hydrogen-bond donors (Lipinski definition) is 1. The fourth-order valence-electron chi connectivity index (χ4n) is 3.12. The molecule has 0 radical (unpaired) electrons. The number of anilines is 1. The first-order valence-corrected chi connectivity index (χ1v) is 12.3. The lowest BCUT2D eigenvalue weighted by molar-refractivity contribution is -0.119. The van der Waals surface area contributed by atoms with E-state index in [4.69, 9.17) is 9.47 Å². The van der Waals surface area contributed by atoms with Gasteiger partial charge < -0.3 is 14.8 Å². The molecule has 33 heavy (non-hydrogen) atoms. The first kappa shape index (κ1) is 24.1. The molecule has 0 fully saturated rings. The maximum Gasteiger partial charge on any atom is 0.241 e. The number of ether oxygens (including phenoxy) is 2. The predicted molar refractivity (Wildman–Crippen MR) is 127 cm³/mol. The zero-order valence-corrected chi connectivity index (χ0v) is 19.6. The smallest absolute Gasteiger partial charge is 0.241 e. The van der Waals surface area contributed by atoms with Gasteiger partial charge in [-0.2, -0.15) is 0 Å². The summed E-state index contributed by atoms with van der Waals surface area (Å²) < 4.78 is 36.9. The fourth-order valence-corrected chi connectivity index (χ4v) is 4.03. The minimum Gasteiger partial charge on any atom is -0.494 e. The third kappa shape index (κ3) is 6.95. The van der Waals surface area contributed by atoms with Crippen LogP contribution >= 0.6 is 0 Å². The molecule has 0 unspecified atom stereocenters. The fraction of sp³-hybridized carbons (Fsp3) is 0.250. The SMILES string of the molecule is CCOc1ccc(Oc2cc(CNC(=O)CN(c3ccccc3C)S(C)(=O)=O)ccn2)cc1. The van der Waals surface area contributed by atoms with Crippen molar-refractivity contribution in [3.8, 4) is 17.4 Å². The van der Waals surface area contributed by atoms with Crippen molar-refractivity contribution in [1.29, 1.82) is 0 Å². The second kappa shape index (κ2) is 10.8. The van der Waals surface area contributed by atoms with E-state index in [9.17, 15) is 13.2 Å². The van der Waals surface area contributed by atoms with Gasteiger partial charge in [-0.05, 0) is 61.4 Å². The quantitative estimate of drug-likeness (QED) is 0.487. The van der Waals surface area contributed by atoms with Gasteiger partial charge in [0, 0.05) is 18.8 Å². The van der Waals surface area contributed by atoms with Crippen molar-refractivity contribution in [1.82, 2.24) is 10.3 Å². The summed E-state index contributed by atoms with van der Waals surface area (Å²) in [6.45, 7) is 4.19. The lowest BCUT2D eigenvalue weighted by Gasteiger charge is -2.23. The zero-order chi connectivity index (χ0) is 23.8. The Morgan fingerprint density at radius 3 is 2.42 bits per heavy atom. The average molecular weight is 470 g/mol. The largest absolute Gasteiger partial charge is 0.494 e. The summed E-state index contributed by atoms with van der Waals surface area (Å²) in [6, 6.07) is 17.7. The number of aryl methyl sites for hydroxylation is 1. The number of pyridine rings is 1. The molecule has 0 atom stereocenters. The van der Waals surface area contributed by atoms with E-state index in [1.54, 1.807) is 55.6 Å². The molecule has 8 nitrogen and oxygen atoms in total. The van der Waals surface area contributed by atoms with Gasteiger partial charge in [0.05, 0.1) is 18.6 Å². The third-order valence-electron chi connectivity index (χ3n) is 4.72. The van der Waals surface area contributed by atoms with Crippen LogP contribution in [0.5, 0.6) is 17.4 Å². The van der Waals surface area contributed by atoms with Crippen LogP contribution in [0.15, 0.2) is 66.9 Å². The van der Waals surface area contributed by atoms with Gasteiger partial charge in [-0.1, -0.05) is 18.2 Å². The number of sulfonamides is 1. The molecular weight excluding hydrogens is 442 g/mol. The maximum atomic E-state index is 12.5. The molecule has 3 aromatic rings. The number of nitrogens with zero attached hydrogens (tertiary/aromatic N) is 2. The molecule has 0 aliphatic heterocycles. The molecule has 2 aromatic carbocycles.